The van der Waals surface area contributed by atoms with Crippen LogP contribution in [0.5, 0.6) is 0 Å². The molecule has 2 N–H and O–H groups in total. The van der Waals surface area contributed by atoms with Crippen LogP contribution in [0.1, 0.15) is 25.7 Å². The summed E-state index contributed by atoms with van der Waals surface area (Å²) in [5.41, 5.74) is 0. The van der Waals surface area contributed by atoms with Crippen molar-refractivity contribution in [3.8, 4) is 0 Å². The average Bonchev–Trinajstić information content (AvgIpc) is 2.46. The van der Waals surface area contributed by atoms with Gasteiger partial charge in [0.15, 0.2) is 0 Å². The van der Waals surface area contributed by atoms with Gasteiger partial charge in [0.1, 0.15) is 0 Å². The summed E-state index contributed by atoms with van der Waals surface area (Å²) in [4.78, 5) is 0.275. The van der Waals surface area contributed by atoms with Crippen LogP contribution in [0.2, 0.25) is 0 Å². The van der Waals surface area contributed by atoms with E-state index in [1.807, 2.05) is 0 Å². The minimum absolute atomic E-state index is 0.144. The molecule has 0 aliphatic heterocycles. The van der Waals surface area contributed by atoms with Crippen molar-refractivity contribution in [1.29, 1.82) is 0 Å². The fraction of sp³-hybridized carbons (Fsp3) is 0.571. The second-order valence-electron chi connectivity index (χ2n) is 5.29. The summed E-state index contributed by atoms with van der Waals surface area (Å²) in [5, 5.41) is 9.36. The van der Waals surface area contributed by atoms with E-state index in [4.69, 9.17) is 0 Å². The normalized spacial score (nSPS) is 23.7. The van der Waals surface area contributed by atoms with Gasteiger partial charge in [-0.3, -0.25) is 0 Å². The van der Waals surface area contributed by atoms with Crippen LogP contribution >= 0.6 is 15.9 Å². The third kappa shape index (κ3) is 4.04. The van der Waals surface area contributed by atoms with Crippen molar-refractivity contribution in [2.45, 2.75) is 30.6 Å². The summed E-state index contributed by atoms with van der Waals surface area (Å²) in [7, 11) is -3.46. The Hall–Kier alpha value is -0.430. The molecule has 0 spiro atoms. The van der Waals surface area contributed by atoms with Crippen LogP contribution in [0, 0.1) is 11.8 Å². The maximum absolute atomic E-state index is 12.2. The van der Waals surface area contributed by atoms with Gasteiger partial charge in [-0.05, 0) is 48.9 Å². The monoisotopic (exact) mass is 361 g/mol. The van der Waals surface area contributed by atoms with Gasteiger partial charge in [-0.1, -0.05) is 28.8 Å². The van der Waals surface area contributed by atoms with Gasteiger partial charge in [-0.25, -0.2) is 13.1 Å². The first-order chi connectivity index (χ1) is 9.53. The first-order valence-corrected chi connectivity index (χ1v) is 9.16. The van der Waals surface area contributed by atoms with E-state index in [0.717, 1.165) is 30.2 Å². The largest absolute Gasteiger partial charge is 0.396 e. The molecule has 0 saturated heterocycles. The second kappa shape index (κ2) is 7.02. The molecule has 0 radical (unpaired) electrons. The maximum atomic E-state index is 12.2. The van der Waals surface area contributed by atoms with Gasteiger partial charge >= 0.3 is 0 Å². The molecule has 1 aromatic rings. The Labute approximate surface area is 128 Å². The number of nitrogens with one attached hydrogen (secondary N) is 1. The van der Waals surface area contributed by atoms with Crippen LogP contribution in [0.4, 0.5) is 0 Å². The van der Waals surface area contributed by atoms with Crippen molar-refractivity contribution < 1.29 is 13.5 Å². The second-order valence-corrected chi connectivity index (χ2v) is 7.98. The molecule has 20 heavy (non-hydrogen) atoms. The number of halogens is 1. The summed E-state index contributed by atoms with van der Waals surface area (Å²) in [6.07, 6.45) is 4.21. The highest BCUT2D eigenvalue weighted by Crippen LogP contribution is 2.29. The molecule has 112 valence electrons. The van der Waals surface area contributed by atoms with Crippen molar-refractivity contribution in [3.63, 3.8) is 0 Å². The van der Waals surface area contributed by atoms with Gasteiger partial charge in [0.05, 0.1) is 4.90 Å². The van der Waals surface area contributed by atoms with Gasteiger partial charge in [0.25, 0.3) is 0 Å². The molecule has 0 heterocycles. The number of benzene rings is 1. The van der Waals surface area contributed by atoms with Crippen LogP contribution in [-0.4, -0.2) is 26.7 Å². The van der Waals surface area contributed by atoms with E-state index in [9.17, 15) is 13.5 Å². The molecule has 1 saturated carbocycles. The SMILES string of the molecule is O=S(=O)(NCC1CCCCC1CO)c1ccc(Br)cc1. The molecule has 6 heteroatoms. The first-order valence-electron chi connectivity index (χ1n) is 6.89. The van der Waals surface area contributed by atoms with E-state index >= 15 is 0 Å². The van der Waals surface area contributed by atoms with Crippen molar-refractivity contribution in [3.05, 3.63) is 28.7 Å². The molecule has 1 aliphatic rings. The summed E-state index contributed by atoms with van der Waals surface area (Å²) >= 11 is 3.29. The Kier molecular flexibility index (Phi) is 5.60. The quantitative estimate of drug-likeness (QED) is 0.846. The summed E-state index contributed by atoms with van der Waals surface area (Å²) in [5.74, 6) is 0.454. The highest BCUT2D eigenvalue weighted by Gasteiger charge is 2.26. The highest BCUT2D eigenvalue weighted by molar-refractivity contribution is 9.10. The topological polar surface area (TPSA) is 66.4 Å². The lowest BCUT2D eigenvalue weighted by Crippen LogP contribution is -2.35. The van der Waals surface area contributed by atoms with Crippen molar-refractivity contribution in [2.24, 2.45) is 11.8 Å². The number of aliphatic hydroxyl groups excluding tert-OH is 1. The molecule has 2 rings (SSSR count). The molecule has 0 bridgehead atoms. The molecule has 0 amide bonds. The zero-order chi connectivity index (χ0) is 14.6. The van der Waals surface area contributed by atoms with E-state index in [-0.39, 0.29) is 23.3 Å². The predicted molar refractivity (Wildman–Crippen MR) is 81.9 cm³/mol. The van der Waals surface area contributed by atoms with Crippen molar-refractivity contribution in [2.75, 3.05) is 13.2 Å². The van der Waals surface area contributed by atoms with E-state index in [0.29, 0.717) is 6.54 Å². The fourth-order valence-corrected chi connectivity index (χ4v) is 4.07. The third-order valence-corrected chi connectivity index (χ3v) is 5.93. The zero-order valence-electron chi connectivity index (χ0n) is 11.3. The Morgan fingerprint density at radius 3 is 2.35 bits per heavy atom. The predicted octanol–water partition coefficient (Wildman–Crippen LogP) is 2.53. The molecule has 2 atom stereocenters. The van der Waals surface area contributed by atoms with E-state index < -0.39 is 10.0 Å². The lowest BCUT2D eigenvalue weighted by molar-refractivity contribution is 0.136. The van der Waals surface area contributed by atoms with Crippen LogP contribution in [0.25, 0.3) is 0 Å². The molecule has 1 fully saturated rings. The first kappa shape index (κ1) is 15.9. The number of sulfonamides is 1. The minimum Gasteiger partial charge on any atom is -0.396 e. The number of hydrogen-bond donors (Lipinski definition) is 2. The molecule has 1 aliphatic carbocycles. The number of hydrogen-bond acceptors (Lipinski definition) is 3. The van der Waals surface area contributed by atoms with Gasteiger partial charge in [-0.15, -0.1) is 0 Å². The maximum Gasteiger partial charge on any atom is 0.240 e. The molecular weight excluding hydrogens is 342 g/mol. The van der Waals surface area contributed by atoms with Crippen LogP contribution < -0.4 is 4.72 Å². The van der Waals surface area contributed by atoms with Gasteiger partial charge < -0.3 is 5.11 Å². The average molecular weight is 362 g/mol. The standard InChI is InChI=1S/C14H20BrNO3S/c15-13-5-7-14(8-6-13)20(18,19)16-9-11-3-1-2-4-12(11)10-17/h5-8,11-12,16-17H,1-4,9-10H2. The Morgan fingerprint density at radius 2 is 1.75 bits per heavy atom. The summed E-state index contributed by atoms with van der Waals surface area (Å²) < 4.78 is 27.9. The lowest BCUT2D eigenvalue weighted by Gasteiger charge is -2.30. The number of rotatable bonds is 5. The number of aliphatic hydroxyl groups is 1. The smallest absolute Gasteiger partial charge is 0.240 e. The van der Waals surface area contributed by atoms with Crippen molar-refractivity contribution >= 4 is 26.0 Å². The minimum atomic E-state index is -3.46. The Morgan fingerprint density at radius 1 is 1.15 bits per heavy atom. The molecule has 1 aromatic carbocycles. The van der Waals surface area contributed by atoms with Gasteiger partial charge in [-0.2, -0.15) is 0 Å². The van der Waals surface area contributed by atoms with Crippen molar-refractivity contribution in [1.82, 2.24) is 4.72 Å². The van der Waals surface area contributed by atoms with E-state index in [2.05, 4.69) is 20.7 Å². The van der Waals surface area contributed by atoms with E-state index in [1.165, 1.54) is 0 Å². The Balaban J connectivity index is 1.99. The molecular formula is C14H20BrNO3S. The zero-order valence-corrected chi connectivity index (χ0v) is 13.7. The fourth-order valence-electron chi connectivity index (χ4n) is 2.71. The lowest BCUT2D eigenvalue weighted by atomic mass is 9.80. The van der Waals surface area contributed by atoms with Crippen LogP contribution in [0.15, 0.2) is 33.6 Å². The molecule has 4 nitrogen and oxygen atoms in total. The van der Waals surface area contributed by atoms with Crippen LogP contribution in [-0.2, 0) is 10.0 Å². The van der Waals surface area contributed by atoms with E-state index in [1.54, 1.807) is 24.3 Å². The third-order valence-electron chi connectivity index (χ3n) is 3.96. The van der Waals surface area contributed by atoms with Gasteiger partial charge in [0, 0.05) is 17.6 Å². The summed E-state index contributed by atoms with van der Waals surface area (Å²) in [6, 6.07) is 6.59. The van der Waals surface area contributed by atoms with Crippen LogP contribution in [0.3, 0.4) is 0 Å². The van der Waals surface area contributed by atoms with Gasteiger partial charge in [0.2, 0.25) is 10.0 Å². The molecule has 2 unspecified atom stereocenters. The highest BCUT2D eigenvalue weighted by atomic mass is 79.9. The molecule has 0 aromatic heterocycles. The Bertz CT molecular complexity index is 530. The summed E-state index contributed by atoms with van der Waals surface area (Å²) in [6.45, 7) is 0.550.